The van der Waals surface area contributed by atoms with Crippen LogP contribution in [0.2, 0.25) is 0 Å². The van der Waals surface area contributed by atoms with Crippen LogP contribution < -0.4 is 15.0 Å². The molecule has 0 amide bonds. The molecule has 1 saturated carbocycles. The molecule has 2 fully saturated rings. The molecular formula is C29H32FN7O3. The van der Waals surface area contributed by atoms with Gasteiger partial charge in [0.25, 0.3) is 5.56 Å². The first-order chi connectivity index (χ1) is 19.6. The second-order valence-corrected chi connectivity index (χ2v) is 10.9. The minimum atomic E-state index is -0.456. The van der Waals surface area contributed by atoms with E-state index in [4.69, 9.17) is 9.47 Å². The van der Waals surface area contributed by atoms with E-state index in [0.29, 0.717) is 41.0 Å². The number of ether oxygens (including phenoxy) is 2. The molecule has 2 aliphatic heterocycles. The van der Waals surface area contributed by atoms with Crippen LogP contribution in [0.4, 0.5) is 4.39 Å². The molecule has 1 N–H and O–H groups in total. The number of nitrogens with one attached hydrogen (secondary N) is 1. The van der Waals surface area contributed by atoms with Crippen molar-refractivity contribution in [2.75, 3.05) is 33.0 Å². The van der Waals surface area contributed by atoms with Gasteiger partial charge in [-0.1, -0.05) is 31.4 Å². The zero-order valence-corrected chi connectivity index (χ0v) is 22.3. The maximum absolute atomic E-state index is 13.6. The third-order valence-electron chi connectivity index (χ3n) is 8.52. The lowest BCUT2D eigenvalue weighted by atomic mass is 9.93. The molecule has 11 heteroatoms. The molecule has 40 heavy (non-hydrogen) atoms. The van der Waals surface area contributed by atoms with Gasteiger partial charge in [0.05, 0.1) is 12.1 Å². The molecule has 1 unspecified atom stereocenters. The van der Waals surface area contributed by atoms with Crippen molar-refractivity contribution in [3.63, 3.8) is 0 Å². The van der Waals surface area contributed by atoms with Gasteiger partial charge in [0.2, 0.25) is 6.79 Å². The van der Waals surface area contributed by atoms with Crippen molar-refractivity contribution >= 4 is 10.9 Å². The van der Waals surface area contributed by atoms with Crippen LogP contribution in [0, 0.1) is 5.82 Å². The average Bonchev–Trinajstić information content (AvgIpc) is 3.64. The van der Waals surface area contributed by atoms with Gasteiger partial charge in [-0.15, -0.1) is 5.10 Å². The maximum atomic E-state index is 13.6. The highest BCUT2D eigenvalue weighted by Crippen LogP contribution is 2.36. The van der Waals surface area contributed by atoms with Gasteiger partial charge in [-0.25, -0.2) is 9.07 Å². The number of H-pyrrole nitrogens is 1. The zero-order chi connectivity index (χ0) is 27.1. The first-order valence-electron chi connectivity index (χ1n) is 14.1. The van der Waals surface area contributed by atoms with Gasteiger partial charge < -0.3 is 14.5 Å². The third kappa shape index (κ3) is 4.84. The molecule has 2 aromatic carbocycles. The van der Waals surface area contributed by atoms with Gasteiger partial charge in [0, 0.05) is 49.2 Å². The van der Waals surface area contributed by atoms with Crippen molar-refractivity contribution in [1.29, 1.82) is 0 Å². The largest absolute Gasteiger partial charge is 0.454 e. The average molecular weight is 546 g/mol. The van der Waals surface area contributed by atoms with Crippen molar-refractivity contribution in [2.24, 2.45) is 0 Å². The van der Waals surface area contributed by atoms with Crippen LogP contribution >= 0.6 is 0 Å². The predicted octanol–water partition coefficient (Wildman–Crippen LogP) is 3.47. The number of fused-ring (bicyclic) bond motifs is 2. The molecule has 3 aliphatic rings. The molecule has 0 spiro atoms. The molecular weight excluding hydrogens is 513 g/mol. The third-order valence-corrected chi connectivity index (χ3v) is 8.52. The number of nitrogens with zero attached hydrogens (tertiary/aromatic N) is 6. The molecule has 7 rings (SSSR count). The van der Waals surface area contributed by atoms with E-state index >= 15 is 0 Å². The lowest BCUT2D eigenvalue weighted by molar-refractivity contribution is 0.0618. The number of rotatable bonds is 6. The van der Waals surface area contributed by atoms with E-state index in [2.05, 4.69) is 30.3 Å². The fraction of sp³-hybridized carbons (Fsp3) is 0.448. The normalized spacial score (nSPS) is 19.3. The predicted molar refractivity (Wildman–Crippen MR) is 146 cm³/mol. The summed E-state index contributed by atoms with van der Waals surface area (Å²) in [6.07, 6.45) is 6.47. The Kier molecular flexibility index (Phi) is 6.68. The Morgan fingerprint density at radius 1 is 0.975 bits per heavy atom. The number of benzene rings is 2. The Labute approximate surface area is 230 Å². The minimum Gasteiger partial charge on any atom is -0.454 e. The van der Waals surface area contributed by atoms with E-state index < -0.39 is 6.04 Å². The zero-order valence-electron chi connectivity index (χ0n) is 22.3. The lowest BCUT2D eigenvalue weighted by Crippen LogP contribution is -2.52. The summed E-state index contributed by atoms with van der Waals surface area (Å²) < 4.78 is 26.4. The van der Waals surface area contributed by atoms with Gasteiger partial charge in [-0.05, 0) is 53.1 Å². The summed E-state index contributed by atoms with van der Waals surface area (Å²) in [4.78, 5) is 21.6. The van der Waals surface area contributed by atoms with Gasteiger partial charge >= 0.3 is 0 Å². The van der Waals surface area contributed by atoms with Gasteiger partial charge in [0.15, 0.2) is 17.3 Å². The Morgan fingerprint density at radius 3 is 2.50 bits per heavy atom. The maximum Gasteiger partial charge on any atom is 0.253 e. The molecule has 4 heterocycles. The number of piperazine rings is 1. The van der Waals surface area contributed by atoms with Crippen LogP contribution in [-0.2, 0) is 6.54 Å². The fourth-order valence-electron chi connectivity index (χ4n) is 6.40. The molecule has 10 nitrogen and oxygen atoms in total. The summed E-state index contributed by atoms with van der Waals surface area (Å²) in [5.41, 5.74) is 1.94. The number of hydrogen-bond acceptors (Lipinski definition) is 8. The summed E-state index contributed by atoms with van der Waals surface area (Å²) in [7, 11) is 0. The van der Waals surface area contributed by atoms with E-state index in [9.17, 15) is 9.18 Å². The Hall–Kier alpha value is -3.83. The molecule has 4 aromatic rings. The van der Waals surface area contributed by atoms with Crippen LogP contribution in [-0.4, -0.2) is 74.0 Å². The molecule has 1 saturated heterocycles. The van der Waals surface area contributed by atoms with E-state index in [1.807, 2.05) is 12.1 Å². The standard InChI is InChI=1S/C29H32FN7O3/c30-21-8-6-19(7-9-21)17-37-28(32-33-34-37)27(36-12-10-35(11-13-36)22-4-2-1-3-5-22)23-14-20-15-25-26(40-18-39-25)16-24(20)31-29(23)38/h6-9,14-16,22,27H,1-5,10-13,17-18H2,(H,31,38). The van der Waals surface area contributed by atoms with E-state index in [0.717, 1.165) is 37.1 Å². The van der Waals surface area contributed by atoms with Crippen LogP contribution in [0.1, 0.15) is 55.1 Å². The number of aromatic nitrogens is 5. The summed E-state index contributed by atoms with van der Waals surface area (Å²) >= 11 is 0. The SMILES string of the molecule is O=c1[nH]c2cc3c(cc2cc1C(c1nnnn1Cc1ccc(F)cc1)N1CCN(C2CCCCC2)CC1)OCO3. The molecule has 0 bridgehead atoms. The van der Waals surface area contributed by atoms with E-state index in [-0.39, 0.29) is 18.2 Å². The Balaban J connectivity index is 1.25. The fourth-order valence-corrected chi connectivity index (χ4v) is 6.40. The summed E-state index contributed by atoms with van der Waals surface area (Å²) in [5.74, 6) is 1.57. The second-order valence-electron chi connectivity index (χ2n) is 10.9. The number of pyridine rings is 1. The molecule has 1 atom stereocenters. The molecule has 0 radical (unpaired) electrons. The summed E-state index contributed by atoms with van der Waals surface area (Å²) in [6, 6.07) is 12.1. The van der Waals surface area contributed by atoms with E-state index in [1.54, 1.807) is 22.9 Å². The molecule has 2 aromatic heterocycles. The van der Waals surface area contributed by atoms with Crippen LogP contribution in [0.3, 0.4) is 0 Å². The van der Waals surface area contributed by atoms with Gasteiger partial charge in [0.1, 0.15) is 11.9 Å². The molecule has 208 valence electrons. The highest BCUT2D eigenvalue weighted by molar-refractivity contribution is 5.83. The van der Waals surface area contributed by atoms with E-state index in [1.165, 1.54) is 44.2 Å². The monoisotopic (exact) mass is 545 g/mol. The summed E-state index contributed by atoms with van der Waals surface area (Å²) in [6.45, 7) is 3.99. The Morgan fingerprint density at radius 2 is 1.73 bits per heavy atom. The first-order valence-corrected chi connectivity index (χ1v) is 14.1. The number of hydrogen-bond donors (Lipinski definition) is 1. The Bertz CT molecular complexity index is 1560. The molecule has 1 aliphatic carbocycles. The van der Waals surface area contributed by atoms with Crippen LogP contribution in [0.25, 0.3) is 10.9 Å². The van der Waals surface area contributed by atoms with Crippen molar-refractivity contribution < 1.29 is 13.9 Å². The van der Waals surface area contributed by atoms with Crippen molar-refractivity contribution in [1.82, 2.24) is 35.0 Å². The number of tetrazole rings is 1. The number of halogens is 1. The summed E-state index contributed by atoms with van der Waals surface area (Å²) in [5, 5.41) is 13.6. The number of aromatic amines is 1. The lowest BCUT2D eigenvalue weighted by Gasteiger charge is -2.42. The van der Waals surface area contributed by atoms with Crippen molar-refractivity contribution in [3.8, 4) is 11.5 Å². The van der Waals surface area contributed by atoms with Gasteiger partial charge in [-0.2, -0.15) is 0 Å². The van der Waals surface area contributed by atoms with Crippen LogP contribution in [0.5, 0.6) is 11.5 Å². The minimum absolute atomic E-state index is 0.162. The quantitative estimate of drug-likeness (QED) is 0.393. The highest BCUT2D eigenvalue weighted by Gasteiger charge is 2.34. The first kappa shape index (κ1) is 25.2. The van der Waals surface area contributed by atoms with Crippen molar-refractivity contribution in [3.05, 3.63) is 75.6 Å². The van der Waals surface area contributed by atoms with Gasteiger partial charge in [-0.3, -0.25) is 14.6 Å². The van der Waals surface area contributed by atoms with Crippen LogP contribution in [0.15, 0.2) is 47.3 Å². The highest BCUT2D eigenvalue weighted by atomic mass is 19.1. The topological polar surface area (TPSA) is 101 Å². The van der Waals surface area contributed by atoms with Crippen molar-refractivity contribution in [2.45, 2.75) is 50.7 Å². The smallest absolute Gasteiger partial charge is 0.253 e. The second kappa shape index (κ2) is 10.6.